The summed E-state index contributed by atoms with van der Waals surface area (Å²) in [7, 11) is 0. The summed E-state index contributed by atoms with van der Waals surface area (Å²) in [6.45, 7) is -0.185. The Bertz CT molecular complexity index is 1030. The van der Waals surface area contributed by atoms with Crippen LogP contribution in [0.4, 0.5) is 5.69 Å². The number of ether oxygens (including phenoxy) is 1. The molecule has 3 aromatic rings. The molecule has 3 rings (SSSR count). The second-order valence-corrected chi connectivity index (χ2v) is 7.18. The Morgan fingerprint density at radius 3 is 2.41 bits per heavy atom. The molecule has 0 unspecified atom stereocenters. The quantitative estimate of drug-likeness (QED) is 0.405. The van der Waals surface area contributed by atoms with E-state index in [2.05, 4.69) is 10.6 Å². The molecule has 0 atom stereocenters. The zero-order chi connectivity index (χ0) is 19.4. The predicted molar refractivity (Wildman–Crippen MR) is 115 cm³/mol. The molecule has 0 saturated carbocycles. The Hall–Kier alpha value is -2.05. The number of rotatable bonds is 4. The van der Waals surface area contributed by atoms with Crippen LogP contribution in [0.2, 0.25) is 15.1 Å². The van der Waals surface area contributed by atoms with Crippen molar-refractivity contribution in [3.05, 3.63) is 69.7 Å². The standard InChI is InChI=1S/C19H13Cl3N2O2S/c20-14-8-16(22)17(9-15(14)21)23-19(27)24-18(25)10-26-13-6-5-11-3-1-2-4-12(11)7-13/h1-9H,10H2,(H2,23,24,25,27). The third-order valence-corrected chi connectivity index (χ3v) is 4.84. The molecule has 0 aliphatic rings. The van der Waals surface area contributed by atoms with E-state index in [0.29, 0.717) is 26.5 Å². The maximum atomic E-state index is 12.0. The van der Waals surface area contributed by atoms with Gasteiger partial charge in [0.2, 0.25) is 0 Å². The average Bonchev–Trinajstić information content (AvgIpc) is 2.64. The summed E-state index contributed by atoms with van der Waals surface area (Å²) in [5.41, 5.74) is 0.437. The molecule has 3 aromatic carbocycles. The van der Waals surface area contributed by atoms with Crippen LogP contribution < -0.4 is 15.4 Å². The van der Waals surface area contributed by atoms with Crippen LogP contribution in [0, 0.1) is 0 Å². The molecule has 0 saturated heterocycles. The molecule has 4 nitrogen and oxygen atoms in total. The van der Waals surface area contributed by atoms with Gasteiger partial charge in [-0.3, -0.25) is 10.1 Å². The number of halogens is 3. The Morgan fingerprint density at radius 2 is 1.63 bits per heavy atom. The van der Waals surface area contributed by atoms with Crippen LogP contribution in [0.25, 0.3) is 10.8 Å². The van der Waals surface area contributed by atoms with Gasteiger partial charge in [-0.2, -0.15) is 0 Å². The van der Waals surface area contributed by atoms with Crippen molar-refractivity contribution in [3.63, 3.8) is 0 Å². The summed E-state index contributed by atoms with van der Waals surface area (Å²) in [5.74, 6) is 0.187. The Labute approximate surface area is 176 Å². The lowest BCUT2D eigenvalue weighted by Gasteiger charge is -2.12. The zero-order valence-electron chi connectivity index (χ0n) is 13.8. The number of anilines is 1. The fourth-order valence-electron chi connectivity index (χ4n) is 2.34. The van der Waals surface area contributed by atoms with E-state index >= 15 is 0 Å². The van der Waals surface area contributed by atoms with Gasteiger partial charge in [0.1, 0.15) is 5.75 Å². The second kappa shape index (κ2) is 8.76. The van der Waals surface area contributed by atoms with Crippen LogP contribution in [0.15, 0.2) is 54.6 Å². The number of hydrogen-bond donors (Lipinski definition) is 2. The number of fused-ring (bicyclic) bond motifs is 1. The molecule has 0 bridgehead atoms. The molecule has 0 aliphatic carbocycles. The highest BCUT2D eigenvalue weighted by atomic mass is 35.5. The zero-order valence-corrected chi connectivity index (χ0v) is 16.8. The summed E-state index contributed by atoms with van der Waals surface area (Å²) in [4.78, 5) is 12.0. The van der Waals surface area contributed by atoms with Crippen LogP contribution in [-0.4, -0.2) is 17.6 Å². The maximum absolute atomic E-state index is 12.0. The third-order valence-electron chi connectivity index (χ3n) is 3.60. The van der Waals surface area contributed by atoms with Gasteiger partial charge < -0.3 is 10.1 Å². The van der Waals surface area contributed by atoms with E-state index in [0.717, 1.165) is 10.8 Å². The van der Waals surface area contributed by atoms with Gasteiger partial charge in [0.15, 0.2) is 11.7 Å². The second-order valence-electron chi connectivity index (χ2n) is 5.55. The molecule has 138 valence electrons. The number of hydrogen-bond acceptors (Lipinski definition) is 3. The van der Waals surface area contributed by atoms with Gasteiger partial charge in [-0.1, -0.05) is 65.1 Å². The van der Waals surface area contributed by atoms with Crippen LogP contribution in [-0.2, 0) is 4.79 Å². The Balaban J connectivity index is 1.55. The van der Waals surface area contributed by atoms with Crippen LogP contribution in [0.5, 0.6) is 5.75 Å². The first-order valence-corrected chi connectivity index (χ1v) is 9.33. The van der Waals surface area contributed by atoms with Crippen molar-refractivity contribution >= 4 is 74.5 Å². The fraction of sp³-hybridized carbons (Fsp3) is 0.0526. The molecule has 0 heterocycles. The van der Waals surface area contributed by atoms with Crippen molar-refractivity contribution in [1.82, 2.24) is 5.32 Å². The monoisotopic (exact) mass is 438 g/mol. The van der Waals surface area contributed by atoms with Crippen LogP contribution in [0.1, 0.15) is 0 Å². The molecular weight excluding hydrogens is 427 g/mol. The fourth-order valence-corrected chi connectivity index (χ4v) is 3.16. The minimum atomic E-state index is -0.406. The van der Waals surface area contributed by atoms with Crippen LogP contribution in [0.3, 0.4) is 0 Å². The summed E-state index contributed by atoms with van der Waals surface area (Å²) in [6, 6.07) is 16.5. The highest BCUT2D eigenvalue weighted by molar-refractivity contribution is 7.80. The van der Waals surface area contributed by atoms with Crippen molar-refractivity contribution < 1.29 is 9.53 Å². The minimum Gasteiger partial charge on any atom is -0.484 e. The number of thiocarbonyl (C=S) groups is 1. The van der Waals surface area contributed by atoms with Crippen molar-refractivity contribution in [2.24, 2.45) is 0 Å². The van der Waals surface area contributed by atoms with E-state index in [9.17, 15) is 4.79 Å². The number of nitrogens with one attached hydrogen (secondary N) is 2. The smallest absolute Gasteiger partial charge is 0.264 e. The molecule has 27 heavy (non-hydrogen) atoms. The first kappa shape index (κ1) is 19.7. The van der Waals surface area contributed by atoms with E-state index in [1.54, 1.807) is 0 Å². The van der Waals surface area contributed by atoms with Gasteiger partial charge >= 0.3 is 0 Å². The first-order chi connectivity index (χ1) is 12.9. The first-order valence-electron chi connectivity index (χ1n) is 7.79. The van der Waals surface area contributed by atoms with Gasteiger partial charge in [-0.15, -0.1) is 0 Å². The van der Waals surface area contributed by atoms with Crippen molar-refractivity contribution in [1.29, 1.82) is 0 Å². The van der Waals surface area contributed by atoms with Gasteiger partial charge in [0.25, 0.3) is 5.91 Å². The van der Waals surface area contributed by atoms with Gasteiger partial charge in [-0.25, -0.2) is 0 Å². The molecule has 0 aromatic heterocycles. The Morgan fingerprint density at radius 1 is 0.926 bits per heavy atom. The number of amides is 1. The van der Waals surface area contributed by atoms with Crippen molar-refractivity contribution in [2.75, 3.05) is 11.9 Å². The van der Waals surface area contributed by atoms with E-state index in [1.165, 1.54) is 12.1 Å². The van der Waals surface area contributed by atoms with E-state index in [-0.39, 0.29) is 11.7 Å². The van der Waals surface area contributed by atoms with E-state index in [1.807, 2.05) is 42.5 Å². The van der Waals surface area contributed by atoms with E-state index in [4.69, 9.17) is 51.8 Å². The van der Waals surface area contributed by atoms with Crippen molar-refractivity contribution in [3.8, 4) is 5.75 Å². The molecule has 0 aliphatic heterocycles. The highest BCUT2D eigenvalue weighted by Crippen LogP contribution is 2.32. The molecule has 0 fully saturated rings. The lowest BCUT2D eigenvalue weighted by Crippen LogP contribution is -2.37. The molecule has 1 amide bonds. The maximum Gasteiger partial charge on any atom is 0.264 e. The number of carbonyl (C=O) groups is 1. The van der Waals surface area contributed by atoms with Crippen LogP contribution >= 0.6 is 47.0 Å². The van der Waals surface area contributed by atoms with Gasteiger partial charge in [0.05, 0.1) is 20.8 Å². The molecule has 0 radical (unpaired) electrons. The summed E-state index contributed by atoms with van der Waals surface area (Å²) in [6.07, 6.45) is 0. The molecule has 8 heteroatoms. The van der Waals surface area contributed by atoms with Gasteiger partial charge in [-0.05, 0) is 47.3 Å². The molecule has 2 N–H and O–H groups in total. The van der Waals surface area contributed by atoms with Crippen molar-refractivity contribution in [2.45, 2.75) is 0 Å². The lowest BCUT2D eigenvalue weighted by atomic mass is 10.1. The lowest BCUT2D eigenvalue weighted by molar-refractivity contribution is -0.121. The minimum absolute atomic E-state index is 0.0717. The average molecular weight is 440 g/mol. The SMILES string of the molecule is O=C(COc1ccc2ccccc2c1)NC(=S)Nc1cc(Cl)c(Cl)cc1Cl. The van der Waals surface area contributed by atoms with E-state index < -0.39 is 5.91 Å². The summed E-state index contributed by atoms with van der Waals surface area (Å²) < 4.78 is 5.52. The summed E-state index contributed by atoms with van der Waals surface area (Å²) in [5, 5.41) is 8.49. The van der Waals surface area contributed by atoms with Gasteiger partial charge in [0, 0.05) is 0 Å². The highest BCUT2D eigenvalue weighted by Gasteiger charge is 2.10. The summed E-state index contributed by atoms with van der Waals surface area (Å²) >= 11 is 23.0. The topological polar surface area (TPSA) is 50.4 Å². The third kappa shape index (κ3) is 5.23. The Kier molecular flexibility index (Phi) is 6.39. The number of benzene rings is 3. The normalized spacial score (nSPS) is 10.5. The predicted octanol–water partition coefficient (Wildman–Crippen LogP) is 5.69. The molecule has 0 spiro atoms. The molecular formula is C19H13Cl3N2O2S. The largest absolute Gasteiger partial charge is 0.484 e. The number of carbonyl (C=O) groups excluding carboxylic acids is 1.